The second kappa shape index (κ2) is 9.78. The third-order valence-corrected chi connectivity index (χ3v) is 5.95. The lowest BCUT2D eigenvalue weighted by molar-refractivity contribution is -0.385. The molecule has 0 bridgehead atoms. The largest absolute Gasteiger partial charge is 0.490 e. The first-order chi connectivity index (χ1) is 14.1. The van der Waals surface area contributed by atoms with Gasteiger partial charge in [0.2, 0.25) is 0 Å². The summed E-state index contributed by atoms with van der Waals surface area (Å²) in [5.41, 5.74) is 2.73. The average Bonchev–Trinajstić information content (AvgIpc) is 3.27. The van der Waals surface area contributed by atoms with Gasteiger partial charge in [-0.2, -0.15) is 0 Å². The Labute approximate surface area is 173 Å². The fraction of sp³-hybridized carbons (Fsp3) is 0.545. The van der Waals surface area contributed by atoms with Crippen molar-refractivity contribution in [3.63, 3.8) is 0 Å². The predicted octanol–water partition coefficient (Wildman–Crippen LogP) is 3.80. The van der Waals surface area contributed by atoms with Gasteiger partial charge >= 0.3 is 5.69 Å². The van der Waals surface area contributed by atoms with Gasteiger partial charge in [0.05, 0.1) is 12.0 Å². The Balaban J connectivity index is 1.95. The Morgan fingerprint density at radius 1 is 1.24 bits per heavy atom. The first-order valence-corrected chi connectivity index (χ1v) is 10.4. The monoisotopic (exact) mass is 400 g/mol. The number of rotatable bonds is 7. The van der Waals surface area contributed by atoms with Crippen molar-refractivity contribution in [3.8, 4) is 5.75 Å². The van der Waals surface area contributed by atoms with Crippen LogP contribution in [0.4, 0.5) is 11.4 Å². The van der Waals surface area contributed by atoms with E-state index in [2.05, 4.69) is 15.1 Å². The molecule has 158 valence electrons. The van der Waals surface area contributed by atoms with Crippen LogP contribution in [0.5, 0.6) is 5.75 Å². The Morgan fingerprint density at radius 3 is 2.48 bits per heavy atom. The molecule has 1 heterocycles. The first kappa shape index (κ1) is 21.2. The topological polar surface area (TPSA) is 70.9 Å². The summed E-state index contributed by atoms with van der Waals surface area (Å²) >= 11 is 0. The van der Waals surface area contributed by atoms with E-state index < -0.39 is 0 Å². The van der Waals surface area contributed by atoms with Gasteiger partial charge in [0.1, 0.15) is 0 Å². The Bertz CT molecular complexity index is 777. The summed E-state index contributed by atoms with van der Waals surface area (Å²) in [5, 5.41) is 14.7. The van der Waals surface area contributed by atoms with E-state index in [1.54, 1.807) is 6.07 Å². The van der Waals surface area contributed by atoms with Gasteiger partial charge in [-0.1, -0.05) is 25.0 Å². The SMILES string of the molecule is C/C=C/C(=C\NC)c1cc([N+](=O)[O-])c(OC)cc1N1CCN(C2CCCC2)CC1. The van der Waals surface area contributed by atoms with E-state index in [4.69, 9.17) is 4.74 Å². The average molecular weight is 401 g/mol. The van der Waals surface area contributed by atoms with Crippen LogP contribution in [0.3, 0.4) is 0 Å². The number of hydrogen-bond acceptors (Lipinski definition) is 6. The lowest BCUT2D eigenvalue weighted by Gasteiger charge is -2.40. The summed E-state index contributed by atoms with van der Waals surface area (Å²) in [6.07, 6.45) is 11.1. The van der Waals surface area contributed by atoms with Gasteiger partial charge < -0.3 is 15.0 Å². The van der Waals surface area contributed by atoms with Crippen molar-refractivity contribution < 1.29 is 9.66 Å². The highest BCUT2D eigenvalue weighted by molar-refractivity contribution is 5.85. The molecule has 7 nitrogen and oxygen atoms in total. The van der Waals surface area contributed by atoms with Crippen LogP contribution < -0.4 is 15.0 Å². The van der Waals surface area contributed by atoms with Gasteiger partial charge in [0.15, 0.2) is 5.75 Å². The normalized spacial score (nSPS) is 19.1. The van der Waals surface area contributed by atoms with Gasteiger partial charge in [-0.3, -0.25) is 15.0 Å². The molecule has 1 saturated carbocycles. The molecule has 7 heteroatoms. The molecular weight excluding hydrogens is 368 g/mol. The maximum Gasteiger partial charge on any atom is 0.311 e. The van der Waals surface area contributed by atoms with Gasteiger partial charge in [-0.15, -0.1) is 0 Å². The molecule has 0 atom stereocenters. The molecule has 1 aliphatic heterocycles. The number of hydrogen-bond donors (Lipinski definition) is 1. The number of ether oxygens (including phenoxy) is 1. The number of methoxy groups -OCH3 is 1. The zero-order chi connectivity index (χ0) is 20.8. The molecule has 1 saturated heterocycles. The minimum Gasteiger partial charge on any atom is -0.490 e. The second-order valence-electron chi connectivity index (χ2n) is 7.65. The van der Waals surface area contributed by atoms with Crippen LogP contribution >= 0.6 is 0 Å². The minimum atomic E-state index is -0.378. The van der Waals surface area contributed by atoms with Crippen molar-refractivity contribution in [3.05, 3.63) is 46.2 Å². The number of piperazine rings is 1. The molecule has 3 rings (SSSR count). The van der Waals surface area contributed by atoms with Crippen molar-refractivity contribution >= 4 is 16.9 Å². The van der Waals surface area contributed by atoms with Crippen LogP contribution in [0.2, 0.25) is 0 Å². The Hall–Kier alpha value is -2.54. The highest BCUT2D eigenvalue weighted by Gasteiger charge is 2.29. The Morgan fingerprint density at radius 2 is 1.93 bits per heavy atom. The molecule has 1 aromatic rings. The number of anilines is 1. The Kier molecular flexibility index (Phi) is 7.14. The van der Waals surface area contributed by atoms with Gasteiger partial charge in [-0.05, 0) is 25.3 Å². The van der Waals surface area contributed by atoms with Crippen LogP contribution in [-0.2, 0) is 0 Å². The van der Waals surface area contributed by atoms with E-state index in [1.165, 1.54) is 32.8 Å². The molecule has 1 N–H and O–H groups in total. The number of benzene rings is 1. The maximum absolute atomic E-state index is 11.6. The highest BCUT2D eigenvalue weighted by Crippen LogP contribution is 2.39. The molecule has 0 unspecified atom stereocenters. The smallest absolute Gasteiger partial charge is 0.311 e. The quantitative estimate of drug-likeness (QED) is 0.426. The standard InChI is InChI=1S/C22H32N4O3/c1-4-7-17(16-23-2)19-14-21(26(27)28)22(29-3)15-20(19)25-12-10-24(11-13-25)18-8-5-6-9-18/h4,7,14-16,18,23H,5-6,8-13H2,1-3H3/b7-4+,17-16+. The lowest BCUT2D eigenvalue weighted by Crippen LogP contribution is -2.50. The zero-order valence-corrected chi connectivity index (χ0v) is 17.7. The fourth-order valence-corrected chi connectivity index (χ4v) is 4.50. The van der Waals surface area contributed by atoms with Crippen molar-refractivity contribution in [1.29, 1.82) is 0 Å². The number of nitrogens with one attached hydrogen (secondary N) is 1. The predicted molar refractivity (Wildman–Crippen MR) is 118 cm³/mol. The van der Waals surface area contributed by atoms with E-state index in [0.29, 0.717) is 5.75 Å². The molecule has 0 aromatic heterocycles. The number of nitro groups is 1. The highest BCUT2D eigenvalue weighted by atomic mass is 16.6. The van der Waals surface area contributed by atoms with Crippen LogP contribution in [0.1, 0.15) is 38.2 Å². The number of allylic oxidation sites excluding steroid dienone is 3. The van der Waals surface area contributed by atoms with Crippen LogP contribution in [-0.4, -0.2) is 56.2 Å². The van der Waals surface area contributed by atoms with E-state index in [0.717, 1.165) is 49.0 Å². The summed E-state index contributed by atoms with van der Waals surface area (Å²) in [6, 6.07) is 4.19. The zero-order valence-electron chi connectivity index (χ0n) is 17.7. The summed E-state index contributed by atoms with van der Waals surface area (Å²) in [7, 11) is 3.32. The minimum absolute atomic E-state index is 0.0117. The molecule has 1 aliphatic carbocycles. The van der Waals surface area contributed by atoms with E-state index in [9.17, 15) is 10.1 Å². The summed E-state index contributed by atoms with van der Waals surface area (Å²) in [4.78, 5) is 16.2. The van der Waals surface area contributed by atoms with Crippen molar-refractivity contribution in [2.75, 3.05) is 45.2 Å². The third kappa shape index (κ3) is 4.72. The molecule has 0 spiro atoms. The molecule has 0 radical (unpaired) electrons. The number of nitro benzene ring substituents is 1. The van der Waals surface area contributed by atoms with E-state index in [-0.39, 0.29) is 10.6 Å². The molecule has 0 amide bonds. The molecule has 2 aliphatic rings. The molecule has 2 fully saturated rings. The van der Waals surface area contributed by atoms with E-state index >= 15 is 0 Å². The lowest BCUT2D eigenvalue weighted by atomic mass is 10.0. The number of nitrogens with zero attached hydrogens (tertiary/aromatic N) is 3. The van der Waals surface area contributed by atoms with Crippen LogP contribution in [0.25, 0.3) is 5.57 Å². The second-order valence-corrected chi connectivity index (χ2v) is 7.65. The van der Waals surface area contributed by atoms with Crippen LogP contribution in [0.15, 0.2) is 30.5 Å². The van der Waals surface area contributed by atoms with Crippen molar-refractivity contribution in [2.45, 2.75) is 38.6 Å². The van der Waals surface area contributed by atoms with Crippen molar-refractivity contribution in [2.24, 2.45) is 0 Å². The summed E-state index contributed by atoms with van der Waals surface area (Å²) in [6.45, 7) is 5.82. The van der Waals surface area contributed by atoms with Crippen LogP contribution in [0, 0.1) is 10.1 Å². The third-order valence-electron chi connectivity index (χ3n) is 5.95. The van der Waals surface area contributed by atoms with Gasteiger partial charge in [0.25, 0.3) is 0 Å². The van der Waals surface area contributed by atoms with Gasteiger partial charge in [-0.25, -0.2) is 0 Å². The fourth-order valence-electron chi connectivity index (χ4n) is 4.50. The molecular formula is C22H32N4O3. The maximum atomic E-state index is 11.6. The first-order valence-electron chi connectivity index (χ1n) is 10.4. The van der Waals surface area contributed by atoms with Gasteiger partial charge in [0, 0.05) is 68.9 Å². The van der Waals surface area contributed by atoms with Crippen molar-refractivity contribution in [1.82, 2.24) is 10.2 Å². The molecule has 29 heavy (non-hydrogen) atoms. The summed E-state index contributed by atoms with van der Waals surface area (Å²) < 4.78 is 5.36. The van der Waals surface area contributed by atoms with E-state index in [1.807, 2.05) is 38.4 Å². The summed E-state index contributed by atoms with van der Waals surface area (Å²) in [5.74, 6) is 0.302. The molecule has 1 aromatic carbocycles.